The van der Waals surface area contributed by atoms with E-state index in [9.17, 15) is 24.9 Å². The maximum absolute atomic E-state index is 13.7. The van der Waals surface area contributed by atoms with E-state index in [2.05, 4.69) is 48.5 Å². The second-order valence-corrected chi connectivity index (χ2v) is 16.3. The van der Waals surface area contributed by atoms with E-state index < -0.39 is 57.0 Å². The van der Waals surface area contributed by atoms with Gasteiger partial charge in [-0.25, -0.2) is 0 Å². The van der Waals surface area contributed by atoms with Gasteiger partial charge < -0.3 is 24.8 Å². The molecule has 5 aliphatic rings. The first-order valence-corrected chi connectivity index (χ1v) is 15.8. The Kier molecular flexibility index (Phi) is 6.84. The molecule has 0 aromatic rings. The molecule has 0 heterocycles. The summed E-state index contributed by atoms with van der Waals surface area (Å²) in [6.45, 7) is 18.4. The van der Waals surface area contributed by atoms with Crippen molar-refractivity contribution in [2.24, 2.45) is 50.2 Å². The van der Waals surface area contributed by atoms with Crippen LogP contribution >= 0.6 is 0 Å². The Labute approximate surface area is 246 Å². The van der Waals surface area contributed by atoms with Crippen molar-refractivity contribution in [3.05, 3.63) is 11.6 Å². The fourth-order valence-corrected chi connectivity index (χ4v) is 12.1. The van der Waals surface area contributed by atoms with Crippen LogP contribution in [0.2, 0.25) is 0 Å². The highest BCUT2D eigenvalue weighted by Gasteiger charge is 2.77. The molecule has 0 aromatic carbocycles. The van der Waals surface area contributed by atoms with Gasteiger partial charge in [-0.15, -0.1) is 0 Å². The Morgan fingerprint density at radius 3 is 2.17 bits per heavy atom. The maximum Gasteiger partial charge on any atom is 0.312 e. The van der Waals surface area contributed by atoms with Gasteiger partial charge in [0.05, 0.1) is 30.3 Å². The lowest BCUT2D eigenvalue weighted by Crippen LogP contribution is -2.73. The minimum Gasteiger partial charge on any atom is -0.469 e. The Morgan fingerprint density at radius 2 is 1.59 bits per heavy atom. The fraction of sp³-hybridized carbons (Fsp3) is 0.882. The molecule has 5 aliphatic carbocycles. The molecular weight excluding hydrogens is 520 g/mol. The molecule has 41 heavy (non-hydrogen) atoms. The largest absolute Gasteiger partial charge is 0.469 e. The zero-order valence-corrected chi connectivity index (χ0v) is 27.0. The molecule has 3 N–H and O–H groups in total. The van der Waals surface area contributed by atoms with Gasteiger partial charge in [0.25, 0.3) is 0 Å². The van der Waals surface area contributed by atoms with Crippen LogP contribution in [0.15, 0.2) is 11.6 Å². The van der Waals surface area contributed by atoms with E-state index in [1.165, 1.54) is 14.0 Å². The number of aliphatic hydroxyl groups is 3. The number of carbonyl (C=O) groups is 2. The van der Waals surface area contributed by atoms with Gasteiger partial charge in [0, 0.05) is 18.3 Å². The molecule has 7 heteroatoms. The van der Waals surface area contributed by atoms with Crippen LogP contribution in [0.25, 0.3) is 0 Å². The Hall–Kier alpha value is -1.44. The summed E-state index contributed by atoms with van der Waals surface area (Å²) in [5.74, 6) is -0.743. The maximum atomic E-state index is 13.7. The normalized spacial score (nSPS) is 53.9. The first-order chi connectivity index (χ1) is 18.7. The summed E-state index contributed by atoms with van der Waals surface area (Å²) in [6, 6.07) is 0. The number of ether oxygens (including phenoxy) is 2. The van der Waals surface area contributed by atoms with Gasteiger partial charge in [-0.05, 0) is 85.4 Å². The summed E-state index contributed by atoms with van der Waals surface area (Å²) in [5.41, 5.74) is -3.66. The van der Waals surface area contributed by atoms with Crippen LogP contribution in [0.1, 0.15) is 107 Å². The Morgan fingerprint density at radius 1 is 0.951 bits per heavy atom. The van der Waals surface area contributed by atoms with Crippen LogP contribution < -0.4 is 0 Å². The lowest BCUT2D eigenvalue weighted by Gasteiger charge is -2.75. The average Bonchev–Trinajstić information content (AvgIpc) is 2.86. The first kappa shape index (κ1) is 31.0. The topological polar surface area (TPSA) is 113 Å². The van der Waals surface area contributed by atoms with E-state index in [0.29, 0.717) is 19.3 Å². The molecule has 0 aliphatic heterocycles. The highest BCUT2D eigenvalue weighted by molar-refractivity contribution is 5.80. The van der Waals surface area contributed by atoms with Crippen LogP contribution in [0.5, 0.6) is 0 Å². The molecule has 0 bridgehead atoms. The van der Waals surface area contributed by atoms with Crippen molar-refractivity contribution in [2.75, 3.05) is 7.11 Å². The third kappa shape index (κ3) is 3.49. The fourth-order valence-electron chi connectivity index (χ4n) is 12.1. The van der Waals surface area contributed by atoms with Gasteiger partial charge in [-0.2, -0.15) is 0 Å². The smallest absolute Gasteiger partial charge is 0.312 e. The molecule has 232 valence electrons. The summed E-state index contributed by atoms with van der Waals surface area (Å²) in [6.07, 6.45) is 4.72. The quantitative estimate of drug-likeness (QED) is 0.307. The summed E-state index contributed by atoms with van der Waals surface area (Å²) < 4.78 is 11.2. The van der Waals surface area contributed by atoms with Crippen molar-refractivity contribution in [1.29, 1.82) is 0 Å². The molecule has 7 nitrogen and oxygen atoms in total. The monoisotopic (exact) mass is 574 g/mol. The highest BCUT2D eigenvalue weighted by Crippen LogP contribution is 2.79. The lowest BCUT2D eigenvalue weighted by molar-refractivity contribution is -0.265. The number of rotatable bonds is 2. The molecule has 4 saturated carbocycles. The molecule has 0 amide bonds. The van der Waals surface area contributed by atoms with Gasteiger partial charge in [-0.1, -0.05) is 60.1 Å². The van der Waals surface area contributed by atoms with Gasteiger partial charge in [-0.3, -0.25) is 9.59 Å². The molecule has 5 rings (SSSR count). The SMILES string of the molecule is COC(=O)C12CCC(C)C(C)(O)C1(C)C1=CC(O)C3C4(C)CC(OC(C)=O)C(O)C(C)(C)C4CCC3(C)C1(C)CC2. The first-order valence-electron chi connectivity index (χ1n) is 15.8. The molecule has 0 saturated heterocycles. The van der Waals surface area contributed by atoms with E-state index in [0.717, 1.165) is 31.3 Å². The molecule has 4 fully saturated rings. The third-order valence-electron chi connectivity index (χ3n) is 14.7. The second kappa shape index (κ2) is 9.04. The molecule has 0 spiro atoms. The van der Waals surface area contributed by atoms with Crippen molar-refractivity contribution >= 4 is 11.9 Å². The second-order valence-electron chi connectivity index (χ2n) is 16.3. The van der Waals surface area contributed by atoms with Crippen molar-refractivity contribution in [3.8, 4) is 0 Å². The van der Waals surface area contributed by atoms with Crippen LogP contribution in [-0.4, -0.2) is 58.3 Å². The minimum atomic E-state index is -1.19. The van der Waals surface area contributed by atoms with Crippen LogP contribution in [0, 0.1) is 50.2 Å². The number of hydrogen-bond acceptors (Lipinski definition) is 7. The zero-order chi connectivity index (χ0) is 30.8. The van der Waals surface area contributed by atoms with E-state index in [4.69, 9.17) is 9.47 Å². The van der Waals surface area contributed by atoms with E-state index in [1.54, 1.807) is 0 Å². The number of esters is 2. The van der Waals surface area contributed by atoms with Crippen LogP contribution in [-0.2, 0) is 19.1 Å². The summed E-state index contributed by atoms with van der Waals surface area (Å²) >= 11 is 0. The molecule has 12 atom stereocenters. The predicted octanol–water partition coefficient (Wildman–Crippen LogP) is 5.20. The van der Waals surface area contributed by atoms with Crippen molar-refractivity contribution in [3.63, 3.8) is 0 Å². The Bertz CT molecular complexity index is 1160. The molecule has 0 radical (unpaired) electrons. The third-order valence-corrected chi connectivity index (χ3v) is 14.7. The molecular formula is C34H54O7. The summed E-state index contributed by atoms with van der Waals surface area (Å²) in [4.78, 5) is 25.8. The summed E-state index contributed by atoms with van der Waals surface area (Å²) in [5, 5.41) is 36.1. The zero-order valence-electron chi connectivity index (χ0n) is 27.0. The van der Waals surface area contributed by atoms with Crippen molar-refractivity contribution < 1.29 is 34.4 Å². The number of hydrogen-bond donors (Lipinski definition) is 3. The molecule has 12 unspecified atom stereocenters. The van der Waals surface area contributed by atoms with Crippen LogP contribution in [0.3, 0.4) is 0 Å². The van der Waals surface area contributed by atoms with Gasteiger partial charge in [0.15, 0.2) is 0 Å². The van der Waals surface area contributed by atoms with Gasteiger partial charge in [0.2, 0.25) is 0 Å². The van der Waals surface area contributed by atoms with Crippen molar-refractivity contribution in [2.45, 2.75) is 131 Å². The van der Waals surface area contributed by atoms with Gasteiger partial charge in [0.1, 0.15) is 6.10 Å². The number of aliphatic hydroxyl groups excluding tert-OH is 2. The van der Waals surface area contributed by atoms with Crippen molar-refractivity contribution in [1.82, 2.24) is 0 Å². The highest BCUT2D eigenvalue weighted by atomic mass is 16.6. The Balaban J connectivity index is 1.72. The summed E-state index contributed by atoms with van der Waals surface area (Å²) in [7, 11) is 1.44. The average molecular weight is 575 g/mol. The lowest BCUT2D eigenvalue weighted by atomic mass is 9.30. The number of carbonyl (C=O) groups excluding carboxylic acids is 2. The van der Waals surface area contributed by atoms with E-state index in [1.807, 2.05) is 13.0 Å². The standard InChI is InChI=1S/C34H54O7/c1-19-11-14-34(27(38)40-10)16-15-30(6)24(32(34,8)33(19,9)39)17-21(36)25-29(5)18-22(41-20(2)35)26(37)28(3,4)23(29)12-13-31(25,30)7/h17,19,21-23,25-26,36-37,39H,11-16,18H2,1-10H3. The number of fused-ring (bicyclic) bond motifs is 7. The van der Waals surface area contributed by atoms with Crippen LogP contribution in [0.4, 0.5) is 0 Å². The molecule has 0 aromatic heterocycles. The van der Waals surface area contributed by atoms with E-state index >= 15 is 0 Å². The van der Waals surface area contributed by atoms with E-state index in [-0.39, 0.29) is 29.1 Å². The minimum absolute atomic E-state index is 0.0328. The van der Waals surface area contributed by atoms with Gasteiger partial charge >= 0.3 is 11.9 Å². The predicted molar refractivity (Wildman–Crippen MR) is 155 cm³/mol. The number of methoxy groups -OCH3 is 1.